The normalized spacial score (nSPS) is 36.8. The summed E-state index contributed by atoms with van der Waals surface area (Å²) in [5, 5.41) is 0.0963. The number of fused-ring (bicyclic) bond motifs is 2. The first-order valence-electron chi connectivity index (χ1n) is 5.38. The molecule has 2 aliphatic carbocycles. The van der Waals surface area contributed by atoms with Gasteiger partial charge in [0.15, 0.2) is 0 Å². The minimum atomic E-state index is -2.13. The Morgan fingerprint density at radius 3 is 2.14 bits per heavy atom. The van der Waals surface area contributed by atoms with Gasteiger partial charge in [-0.15, -0.1) is 22.2 Å². The van der Waals surface area contributed by atoms with Crippen molar-refractivity contribution in [1.82, 2.24) is 0 Å². The molecule has 3 unspecified atom stereocenters. The maximum absolute atomic E-state index is 6.68. The third kappa shape index (κ3) is 1.58. The van der Waals surface area contributed by atoms with Crippen molar-refractivity contribution in [2.45, 2.75) is 44.2 Å². The fourth-order valence-electron chi connectivity index (χ4n) is 2.75. The van der Waals surface area contributed by atoms with E-state index in [0.29, 0.717) is 11.5 Å². The van der Waals surface area contributed by atoms with Crippen molar-refractivity contribution in [3.8, 4) is 0 Å². The van der Waals surface area contributed by atoms with Crippen LogP contribution in [0.25, 0.3) is 0 Å². The van der Waals surface area contributed by atoms with Crippen LogP contribution in [0.3, 0.4) is 0 Å². The fraction of sp³-hybridized carbons (Fsp3) is 0.818. The smallest absolute Gasteiger partial charge is 0.145 e. The highest BCUT2D eigenvalue weighted by atomic mass is 35.7. The van der Waals surface area contributed by atoms with E-state index < -0.39 is 6.69 Å². The summed E-state index contributed by atoms with van der Waals surface area (Å²) in [6, 6.07) is 0. The Balaban J connectivity index is 2.20. The lowest BCUT2D eigenvalue weighted by molar-refractivity contribution is 0.635. The summed E-state index contributed by atoms with van der Waals surface area (Å²) in [5.41, 5.74) is 0.584. The molecular weight excluding hydrogens is 231 g/mol. The van der Waals surface area contributed by atoms with E-state index in [4.69, 9.17) is 22.2 Å². The van der Waals surface area contributed by atoms with Crippen molar-refractivity contribution >= 4 is 28.9 Å². The summed E-state index contributed by atoms with van der Waals surface area (Å²) < 4.78 is 0. The zero-order valence-corrected chi connectivity index (χ0v) is 11.6. The van der Waals surface area contributed by atoms with Gasteiger partial charge in [-0.2, -0.15) is 0 Å². The van der Waals surface area contributed by atoms with Crippen LogP contribution >= 0.6 is 22.2 Å². The highest BCUT2D eigenvalue weighted by Gasteiger charge is 2.54. The van der Waals surface area contributed by atoms with Crippen LogP contribution < -0.4 is 0 Å². The van der Waals surface area contributed by atoms with Gasteiger partial charge in [-0.3, -0.25) is 0 Å². The van der Waals surface area contributed by atoms with Gasteiger partial charge in [0, 0.05) is 0 Å². The minimum absolute atomic E-state index is 0.0963. The third-order valence-electron chi connectivity index (χ3n) is 3.74. The summed E-state index contributed by atoms with van der Waals surface area (Å²) >= 11 is 13.4. The van der Waals surface area contributed by atoms with Crippen molar-refractivity contribution in [3.63, 3.8) is 0 Å². The highest BCUT2D eigenvalue weighted by molar-refractivity contribution is 7.47. The Morgan fingerprint density at radius 2 is 1.79 bits per heavy atom. The van der Waals surface area contributed by atoms with E-state index in [9.17, 15) is 0 Å². The van der Waals surface area contributed by atoms with Crippen LogP contribution in [0.1, 0.15) is 33.6 Å². The lowest BCUT2D eigenvalue weighted by atomic mass is 10.1. The Labute approximate surface area is 97.1 Å². The predicted octanol–water partition coefficient (Wildman–Crippen LogP) is 4.67. The first kappa shape index (κ1) is 11.0. The van der Waals surface area contributed by atoms with Gasteiger partial charge in [0.05, 0.1) is 0 Å². The molecule has 3 heteroatoms. The number of allylic oxidation sites excluding steroid dienone is 2. The molecule has 3 atom stereocenters. The molecule has 0 aromatic carbocycles. The molecule has 14 heavy (non-hydrogen) atoms. The van der Waals surface area contributed by atoms with Crippen LogP contribution in [0.5, 0.6) is 0 Å². The summed E-state index contributed by atoms with van der Waals surface area (Å²) in [5.74, 6) is 1.46. The minimum Gasteiger partial charge on any atom is -0.145 e. The monoisotopic (exact) mass is 248 g/mol. The number of halogens is 2. The van der Waals surface area contributed by atoms with Crippen molar-refractivity contribution in [2.24, 2.45) is 11.8 Å². The molecule has 0 amide bonds. The molecule has 0 N–H and O–H groups in total. The predicted molar refractivity (Wildman–Crippen MR) is 66.3 cm³/mol. The quantitative estimate of drug-likeness (QED) is 0.360. The van der Waals surface area contributed by atoms with Crippen molar-refractivity contribution < 1.29 is 0 Å². The van der Waals surface area contributed by atoms with E-state index in [1.165, 1.54) is 12.8 Å². The molecule has 1 fully saturated rings. The van der Waals surface area contributed by atoms with Crippen LogP contribution in [-0.2, 0) is 0 Å². The van der Waals surface area contributed by atoms with Gasteiger partial charge in [0.1, 0.15) is 0 Å². The zero-order valence-electron chi connectivity index (χ0n) is 9.06. The molecule has 0 aromatic heterocycles. The topological polar surface area (TPSA) is 0 Å². The molecule has 0 heterocycles. The molecule has 2 rings (SSSR count). The van der Waals surface area contributed by atoms with E-state index >= 15 is 0 Å². The Bertz CT molecular complexity index is 265. The summed E-state index contributed by atoms with van der Waals surface area (Å²) in [7, 11) is 0. The molecule has 0 nitrogen and oxygen atoms in total. The average molecular weight is 249 g/mol. The molecule has 1 saturated carbocycles. The van der Waals surface area contributed by atoms with Crippen LogP contribution in [-0.4, -0.2) is 6.69 Å². The second-order valence-electron chi connectivity index (χ2n) is 5.76. The maximum atomic E-state index is 6.68. The number of rotatable bonds is 1. The van der Waals surface area contributed by atoms with Gasteiger partial charge in [0.25, 0.3) is 6.69 Å². The molecule has 0 aromatic rings. The lowest BCUT2D eigenvalue weighted by Gasteiger charge is -2.38. The van der Waals surface area contributed by atoms with Crippen molar-refractivity contribution in [2.75, 3.05) is 0 Å². The average Bonchev–Trinajstić information content (AvgIpc) is 2.61. The molecular formula is C11H18Cl2Si. The Morgan fingerprint density at radius 1 is 1.14 bits per heavy atom. The van der Waals surface area contributed by atoms with Crippen LogP contribution in [0.4, 0.5) is 0 Å². The maximum Gasteiger partial charge on any atom is 0.260 e. The fourth-order valence-corrected chi connectivity index (χ4v) is 6.76. The molecule has 80 valence electrons. The standard InChI is InChI=1S/C11H18Cl2Si/c1-11(2,3)14(12,13)10-7-8-4-5-9(10)6-8/h4-5,8-10H,6-7H2,1-3H3. The molecule has 0 aliphatic heterocycles. The second-order valence-corrected chi connectivity index (χ2v) is 13.4. The Hall–Kier alpha value is 0.537. The summed E-state index contributed by atoms with van der Waals surface area (Å²) in [6.07, 6.45) is 7.23. The Kier molecular flexibility index (Phi) is 2.57. The molecule has 2 bridgehead atoms. The summed E-state index contributed by atoms with van der Waals surface area (Å²) in [6.45, 7) is 4.44. The van der Waals surface area contributed by atoms with E-state index in [1.807, 2.05) is 0 Å². The van der Waals surface area contributed by atoms with Gasteiger partial charge in [-0.25, -0.2) is 0 Å². The van der Waals surface area contributed by atoms with E-state index in [2.05, 4.69) is 32.9 Å². The van der Waals surface area contributed by atoms with Gasteiger partial charge >= 0.3 is 0 Å². The van der Waals surface area contributed by atoms with Gasteiger partial charge in [-0.1, -0.05) is 32.9 Å². The van der Waals surface area contributed by atoms with Gasteiger partial charge in [0.2, 0.25) is 0 Å². The summed E-state index contributed by atoms with van der Waals surface area (Å²) in [4.78, 5) is 0. The third-order valence-corrected chi connectivity index (χ3v) is 12.4. The second kappa shape index (κ2) is 3.26. The highest BCUT2D eigenvalue weighted by Crippen LogP contribution is 2.60. The van der Waals surface area contributed by atoms with Crippen LogP contribution in [0.2, 0.25) is 10.6 Å². The van der Waals surface area contributed by atoms with Crippen molar-refractivity contribution in [3.05, 3.63) is 12.2 Å². The van der Waals surface area contributed by atoms with Crippen molar-refractivity contribution in [1.29, 1.82) is 0 Å². The number of hydrogen-bond donors (Lipinski definition) is 0. The van der Waals surface area contributed by atoms with Crippen LogP contribution in [0, 0.1) is 11.8 Å². The number of hydrogen-bond acceptors (Lipinski definition) is 0. The molecule has 0 saturated heterocycles. The lowest BCUT2D eigenvalue weighted by Crippen LogP contribution is -2.39. The molecule has 2 aliphatic rings. The van der Waals surface area contributed by atoms with Gasteiger partial charge < -0.3 is 0 Å². The largest absolute Gasteiger partial charge is 0.260 e. The molecule has 0 radical (unpaired) electrons. The zero-order chi connectivity index (χ0) is 10.6. The first-order valence-corrected chi connectivity index (χ1v) is 9.48. The first-order chi connectivity index (χ1) is 6.32. The SMILES string of the molecule is CC(C)(C)[Si](Cl)(Cl)C1CC2C=CC1C2. The van der Waals surface area contributed by atoms with Gasteiger partial charge in [-0.05, 0) is 35.3 Å². The van der Waals surface area contributed by atoms with E-state index in [1.54, 1.807) is 0 Å². The van der Waals surface area contributed by atoms with E-state index in [-0.39, 0.29) is 5.04 Å². The van der Waals surface area contributed by atoms with Crippen LogP contribution in [0.15, 0.2) is 12.2 Å². The molecule has 0 spiro atoms. The van der Waals surface area contributed by atoms with E-state index in [0.717, 1.165) is 5.92 Å².